The molecule has 1 N–H and O–H groups in total. The highest BCUT2D eigenvalue weighted by atomic mass is 32.2. The molecule has 0 heterocycles. The van der Waals surface area contributed by atoms with Crippen LogP contribution in [0.25, 0.3) is 0 Å². The third-order valence-electron chi connectivity index (χ3n) is 2.96. The van der Waals surface area contributed by atoms with Crippen LogP contribution < -0.4 is 10.1 Å². The molecule has 0 bridgehead atoms. The molecule has 0 fully saturated rings. The van der Waals surface area contributed by atoms with Crippen molar-refractivity contribution in [2.24, 2.45) is 0 Å². The highest BCUT2D eigenvalue weighted by Crippen LogP contribution is 2.28. The molecule has 0 aliphatic heterocycles. The van der Waals surface area contributed by atoms with Gasteiger partial charge in [0.25, 0.3) is 0 Å². The second-order valence-corrected chi connectivity index (χ2v) is 6.08. The van der Waals surface area contributed by atoms with Gasteiger partial charge < -0.3 is 10.1 Å². The molecule has 1 aromatic carbocycles. The number of amides is 1. The number of nitrogens with zero attached hydrogens (tertiary/aromatic N) is 1. The number of anilines is 1. The zero-order chi connectivity index (χ0) is 16.0. The summed E-state index contributed by atoms with van der Waals surface area (Å²) in [5.41, 5.74) is 0.288. The zero-order valence-corrected chi connectivity index (χ0v) is 13.2. The Hall–Kier alpha value is -1.86. The van der Waals surface area contributed by atoms with Gasteiger partial charge in [0.05, 0.1) is 17.7 Å². The van der Waals surface area contributed by atoms with Crippen LogP contribution in [0.5, 0.6) is 5.75 Å². The Balaban J connectivity index is 3.30. The number of hydrogen-bond donors (Lipinski definition) is 1. The SMILES string of the molecule is C=CC(=O)Nc1cc(S(=O)(=O)N(CC)CC)ccc1OC. The number of rotatable bonds is 7. The minimum absolute atomic E-state index is 0.103. The van der Waals surface area contributed by atoms with Gasteiger partial charge in [0.15, 0.2) is 0 Å². The molecule has 0 saturated carbocycles. The quantitative estimate of drug-likeness (QED) is 0.780. The second kappa shape index (κ2) is 7.24. The lowest BCUT2D eigenvalue weighted by Crippen LogP contribution is -2.30. The van der Waals surface area contributed by atoms with E-state index in [0.717, 1.165) is 6.08 Å². The van der Waals surface area contributed by atoms with Crippen molar-refractivity contribution in [3.8, 4) is 5.75 Å². The molecule has 1 amide bonds. The normalized spacial score (nSPS) is 11.2. The molecule has 0 spiro atoms. The Morgan fingerprint density at radius 2 is 2.00 bits per heavy atom. The summed E-state index contributed by atoms with van der Waals surface area (Å²) in [6, 6.07) is 4.35. The maximum absolute atomic E-state index is 12.5. The van der Waals surface area contributed by atoms with Crippen LogP contribution in [0, 0.1) is 0 Å². The van der Waals surface area contributed by atoms with Gasteiger partial charge in [-0.05, 0) is 24.3 Å². The average Bonchev–Trinajstić information content (AvgIpc) is 2.47. The first-order valence-electron chi connectivity index (χ1n) is 6.52. The first-order chi connectivity index (χ1) is 9.90. The summed E-state index contributed by atoms with van der Waals surface area (Å²) >= 11 is 0. The van der Waals surface area contributed by atoms with Gasteiger partial charge in [-0.2, -0.15) is 4.31 Å². The Morgan fingerprint density at radius 1 is 1.38 bits per heavy atom. The Bertz CT molecular complexity index is 622. The van der Waals surface area contributed by atoms with Gasteiger partial charge in [-0.15, -0.1) is 0 Å². The van der Waals surface area contributed by atoms with E-state index in [1.165, 1.54) is 29.6 Å². The van der Waals surface area contributed by atoms with Gasteiger partial charge in [0.2, 0.25) is 15.9 Å². The maximum Gasteiger partial charge on any atom is 0.247 e. The fraction of sp³-hybridized carbons (Fsp3) is 0.357. The molecule has 6 nitrogen and oxygen atoms in total. The molecule has 0 unspecified atom stereocenters. The number of sulfonamides is 1. The van der Waals surface area contributed by atoms with Crippen molar-refractivity contribution < 1.29 is 17.9 Å². The third kappa shape index (κ3) is 3.83. The fourth-order valence-corrected chi connectivity index (χ4v) is 3.33. The molecule has 0 aliphatic carbocycles. The fourth-order valence-electron chi connectivity index (χ4n) is 1.84. The Kier molecular flexibility index (Phi) is 5.92. The van der Waals surface area contributed by atoms with Gasteiger partial charge in [-0.1, -0.05) is 20.4 Å². The van der Waals surface area contributed by atoms with E-state index in [4.69, 9.17) is 4.74 Å². The lowest BCUT2D eigenvalue weighted by Gasteiger charge is -2.19. The number of hydrogen-bond acceptors (Lipinski definition) is 4. The van der Waals surface area contributed by atoms with Crippen molar-refractivity contribution >= 4 is 21.6 Å². The van der Waals surface area contributed by atoms with Gasteiger partial charge in [-0.3, -0.25) is 4.79 Å². The summed E-state index contributed by atoms with van der Waals surface area (Å²) in [6.45, 7) is 7.64. The first kappa shape index (κ1) is 17.2. The lowest BCUT2D eigenvalue weighted by atomic mass is 10.3. The Labute approximate surface area is 125 Å². The number of ether oxygens (including phenoxy) is 1. The molecule has 0 aromatic heterocycles. The summed E-state index contributed by atoms with van der Waals surface area (Å²) in [5.74, 6) is -0.0608. The highest BCUT2D eigenvalue weighted by molar-refractivity contribution is 7.89. The summed E-state index contributed by atoms with van der Waals surface area (Å²) in [4.78, 5) is 11.5. The monoisotopic (exact) mass is 312 g/mol. The molecule has 0 atom stereocenters. The topological polar surface area (TPSA) is 75.7 Å². The summed E-state index contributed by atoms with van der Waals surface area (Å²) in [7, 11) is -2.15. The molecule has 0 aliphatic rings. The minimum Gasteiger partial charge on any atom is -0.495 e. The van der Waals surface area contributed by atoms with Crippen LogP contribution in [-0.2, 0) is 14.8 Å². The van der Waals surface area contributed by atoms with Crippen LogP contribution in [0.4, 0.5) is 5.69 Å². The minimum atomic E-state index is -3.59. The van der Waals surface area contributed by atoms with Crippen LogP contribution >= 0.6 is 0 Å². The van der Waals surface area contributed by atoms with E-state index >= 15 is 0 Å². The summed E-state index contributed by atoms with van der Waals surface area (Å²) in [6.07, 6.45) is 1.10. The highest BCUT2D eigenvalue weighted by Gasteiger charge is 2.23. The molecule has 116 valence electrons. The van der Waals surface area contributed by atoms with Gasteiger partial charge >= 0.3 is 0 Å². The van der Waals surface area contributed by atoms with Gasteiger partial charge in [0, 0.05) is 13.1 Å². The zero-order valence-electron chi connectivity index (χ0n) is 12.4. The second-order valence-electron chi connectivity index (χ2n) is 4.14. The van der Waals surface area contributed by atoms with E-state index in [9.17, 15) is 13.2 Å². The third-order valence-corrected chi connectivity index (χ3v) is 5.00. The molecule has 1 rings (SSSR count). The molecule has 0 radical (unpaired) electrons. The van der Waals surface area contributed by atoms with E-state index in [-0.39, 0.29) is 10.6 Å². The van der Waals surface area contributed by atoms with Crippen molar-refractivity contribution in [1.29, 1.82) is 0 Å². The van der Waals surface area contributed by atoms with Gasteiger partial charge in [0.1, 0.15) is 5.75 Å². The van der Waals surface area contributed by atoms with Crippen molar-refractivity contribution in [3.05, 3.63) is 30.9 Å². The maximum atomic E-state index is 12.5. The molecule has 1 aromatic rings. The number of nitrogens with one attached hydrogen (secondary N) is 1. The van der Waals surface area contributed by atoms with E-state index in [1.54, 1.807) is 13.8 Å². The van der Waals surface area contributed by atoms with Crippen molar-refractivity contribution in [1.82, 2.24) is 4.31 Å². The number of carbonyl (C=O) groups is 1. The molecule has 21 heavy (non-hydrogen) atoms. The van der Waals surface area contributed by atoms with Crippen LogP contribution in [0.1, 0.15) is 13.8 Å². The molecule has 0 saturated heterocycles. The predicted octanol–water partition coefficient (Wildman–Crippen LogP) is 1.85. The van der Waals surface area contributed by atoms with Crippen molar-refractivity contribution in [2.45, 2.75) is 18.7 Å². The van der Waals surface area contributed by atoms with E-state index in [1.807, 2.05) is 0 Å². The van der Waals surface area contributed by atoms with E-state index in [0.29, 0.717) is 18.8 Å². The smallest absolute Gasteiger partial charge is 0.247 e. The van der Waals surface area contributed by atoms with Crippen LogP contribution in [-0.4, -0.2) is 38.8 Å². The van der Waals surface area contributed by atoms with E-state index < -0.39 is 15.9 Å². The Morgan fingerprint density at radius 3 is 2.48 bits per heavy atom. The summed E-state index contributed by atoms with van der Waals surface area (Å²) < 4.78 is 31.4. The first-order valence-corrected chi connectivity index (χ1v) is 7.96. The standard InChI is InChI=1S/C14H20N2O4S/c1-5-14(17)15-12-10-11(8-9-13(12)20-4)21(18,19)16(6-2)7-3/h5,8-10H,1,6-7H2,2-4H3,(H,15,17). The lowest BCUT2D eigenvalue weighted by molar-refractivity contribution is -0.111. The largest absolute Gasteiger partial charge is 0.495 e. The van der Waals surface area contributed by atoms with Gasteiger partial charge in [-0.25, -0.2) is 8.42 Å². The number of benzene rings is 1. The number of carbonyl (C=O) groups excluding carboxylic acids is 1. The van der Waals surface area contributed by atoms with Crippen molar-refractivity contribution in [2.75, 3.05) is 25.5 Å². The van der Waals surface area contributed by atoms with Crippen LogP contribution in [0.2, 0.25) is 0 Å². The summed E-state index contributed by atoms with van der Waals surface area (Å²) in [5, 5.41) is 2.53. The number of methoxy groups -OCH3 is 1. The average molecular weight is 312 g/mol. The molecular weight excluding hydrogens is 292 g/mol. The van der Waals surface area contributed by atoms with Crippen molar-refractivity contribution in [3.63, 3.8) is 0 Å². The predicted molar refractivity (Wildman–Crippen MR) is 81.9 cm³/mol. The van der Waals surface area contributed by atoms with Crippen LogP contribution in [0.15, 0.2) is 35.7 Å². The van der Waals surface area contributed by atoms with E-state index in [2.05, 4.69) is 11.9 Å². The molecular formula is C14H20N2O4S. The van der Waals surface area contributed by atoms with Crippen LogP contribution in [0.3, 0.4) is 0 Å². The molecule has 7 heteroatoms.